The summed E-state index contributed by atoms with van der Waals surface area (Å²) in [7, 11) is -2.00. The van der Waals surface area contributed by atoms with Crippen molar-refractivity contribution >= 4 is 31.9 Å². The minimum atomic E-state index is -1.66. The summed E-state index contributed by atoms with van der Waals surface area (Å²) in [6.07, 6.45) is 4.07. The molecule has 0 spiro atoms. The van der Waals surface area contributed by atoms with E-state index in [4.69, 9.17) is 13.7 Å². The zero-order valence-electron chi connectivity index (χ0n) is 20.3. The monoisotopic (exact) mass is 430 g/mol. The van der Waals surface area contributed by atoms with Crippen LogP contribution in [0.3, 0.4) is 0 Å². The van der Waals surface area contributed by atoms with Gasteiger partial charge in [-0.3, -0.25) is 0 Å². The van der Waals surface area contributed by atoms with Gasteiger partial charge in [0.2, 0.25) is 0 Å². The van der Waals surface area contributed by atoms with Crippen molar-refractivity contribution in [2.45, 2.75) is 97.2 Å². The van der Waals surface area contributed by atoms with E-state index in [1.54, 1.807) is 0 Å². The number of nitrogens with zero attached hydrogens (tertiary/aromatic N) is 2. The SMILES string of the molecule is CC1(C)OB(c2ccc3ncn(CCCCO[Si](C)(C)C(C)(C)C)c3c2)OC1(C)C. The first kappa shape index (κ1) is 23.5. The van der Waals surface area contributed by atoms with Crippen LogP contribution in [0.1, 0.15) is 61.3 Å². The fraction of sp³-hybridized carbons (Fsp3) is 0.696. The first-order valence-electron chi connectivity index (χ1n) is 11.2. The number of rotatable bonds is 7. The normalized spacial score (nSPS) is 19.0. The van der Waals surface area contributed by atoms with Crippen LogP contribution in [0.2, 0.25) is 18.1 Å². The van der Waals surface area contributed by atoms with Gasteiger partial charge in [-0.25, -0.2) is 4.98 Å². The van der Waals surface area contributed by atoms with Crippen molar-refractivity contribution in [3.63, 3.8) is 0 Å². The molecule has 1 aliphatic rings. The second-order valence-electron chi connectivity index (χ2n) is 11.1. The Morgan fingerprint density at radius 3 is 2.30 bits per heavy atom. The molecule has 1 aromatic carbocycles. The Kier molecular flexibility index (Phi) is 6.33. The van der Waals surface area contributed by atoms with Gasteiger partial charge < -0.3 is 18.3 Å². The molecule has 7 heteroatoms. The molecular formula is C23H39BN2O3Si. The van der Waals surface area contributed by atoms with Crippen LogP contribution in [0.25, 0.3) is 11.0 Å². The van der Waals surface area contributed by atoms with Crippen LogP contribution < -0.4 is 5.46 Å². The van der Waals surface area contributed by atoms with E-state index >= 15 is 0 Å². The fourth-order valence-corrected chi connectivity index (χ4v) is 4.39. The topological polar surface area (TPSA) is 45.5 Å². The third kappa shape index (κ3) is 4.69. The Labute approximate surface area is 183 Å². The Bertz CT molecular complexity index is 870. The number of unbranched alkanes of at least 4 members (excludes halogenated alkanes) is 1. The molecule has 5 nitrogen and oxygen atoms in total. The molecule has 0 N–H and O–H groups in total. The van der Waals surface area contributed by atoms with Gasteiger partial charge in [-0.2, -0.15) is 0 Å². The highest BCUT2D eigenvalue weighted by Gasteiger charge is 2.51. The highest BCUT2D eigenvalue weighted by Crippen LogP contribution is 2.37. The van der Waals surface area contributed by atoms with E-state index in [9.17, 15) is 0 Å². The van der Waals surface area contributed by atoms with Gasteiger partial charge in [0, 0.05) is 13.2 Å². The summed E-state index contributed by atoms with van der Waals surface area (Å²) >= 11 is 0. The lowest BCUT2D eigenvalue weighted by Gasteiger charge is -2.36. The van der Waals surface area contributed by atoms with Crippen LogP contribution in [0.5, 0.6) is 0 Å². The number of hydrogen-bond acceptors (Lipinski definition) is 4. The Balaban J connectivity index is 1.62. The summed E-state index contributed by atoms with van der Waals surface area (Å²) in [5, 5.41) is 0.261. The summed E-state index contributed by atoms with van der Waals surface area (Å²) in [6, 6.07) is 6.29. The molecule has 0 atom stereocenters. The van der Waals surface area contributed by atoms with Crippen LogP contribution in [0.15, 0.2) is 24.5 Å². The van der Waals surface area contributed by atoms with Gasteiger partial charge in [-0.15, -0.1) is 0 Å². The maximum Gasteiger partial charge on any atom is 0.494 e. The van der Waals surface area contributed by atoms with E-state index in [0.717, 1.165) is 42.5 Å². The predicted molar refractivity (Wildman–Crippen MR) is 128 cm³/mol. The largest absolute Gasteiger partial charge is 0.494 e. The summed E-state index contributed by atoms with van der Waals surface area (Å²) in [6.45, 7) is 21.6. The van der Waals surface area contributed by atoms with E-state index in [1.165, 1.54) is 0 Å². The summed E-state index contributed by atoms with van der Waals surface area (Å²) < 4.78 is 21.0. The van der Waals surface area contributed by atoms with Gasteiger partial charge in [-0.1, -0.05) is 26.8 Å². The Morgan fingerprint density at radius 2 is 1.70 bits per heavy atom. The first-order chi connectivity index (χ1) is 13.7. The van der Waals surface area contributed by atoms with Gasteiger partial charge in [-0.05, 0) is 76.3 Å². The van der Waals surface area contributed by atoms with Gasteiger partial charge in [0.15, 0.2) is 8.32 Å². The van der Waals surface area contributed by atoms with Crippen LogP contribution >= 0.6 is 0 Å². The van der Waals surface area contributed by atoms with Crippen molar-refractivity contribution < 1.29 is 13.7 Å². The van der Waals surface area contributed by atoms with Crippen molar-refractivity contribution in [3.05, 3.63) is 24.5 Å². The van der Waals surface area contributed by atoms with Gasteiger partial charge >= 0.3 is 7.12 Å². The van der Waals surface area contributed by atoms with Crippen LogP contribution in [0, 0.1) is 0 Å². The third-order valence-electron chi connectivity index (χ3n) is 7.23. The molecule has 30 heavy (non-hydrogen) atoms. The molecule has 1 fully saturated rings. The first-order valence-corrected chi connectivity index (χ1v) is 14.1. The van der Waals surface area contributed by atoms with Crippen molar-refractivity contribution in [1.82, 2.24) is 9.55 Å². The summed E-state index contributed by atoms with van der Waals surface area (Å²) in [5.74, 6) is 0. The molecule has 1 aromatic heterocycles. The molecule has 1 saturated heterocycles. The zero-order valence-corrected chi connectivity index (χ0v) is 21.3. The number of benzene rings is 1. The van der Waals surface area contributed by atoms with Gasteiger partial charge in [0.25, 0.3) is 0 Å². The lowest BCUT2D eigenvalue weighted by atomic mass is 9.79. The highest BCUT2D eigenvalue weighted by molar-refractivity contribution is 6.74. The van der Waals surface area contributed by atoms with Crippen molar-refractivity contribution in [2.24, 2.45) is 0 Å². The maximum absolute atomic E-state index is 6.31. The summed E-state index contributed by atoms with van der Waals surface area (Å²) in [4.78, 5) is 4.57. The van der Waals surface area contributed by atoms with E-state index in [2.05, 4.69) is 89.3 Å². The molecule has 166 valence electrons. The number of hydrogen-bond donors (Lipinski definition) is 0. The van der Waals surface area contributed by atoms with Gasteiger partial charge in [0.05, 0.1) is 28.6 Å². The molecule has 0 unspecified atom stereocenters. The van der Waals surface area contributed by atoms with Gasteiger partial charge in [0.1, 0.15) is 0 Å². The zero-order chi connectivity index (χ0) is 22.4. The van der Waals surface area contributed by atoms with Crippen molar-refractivity contribution in [1.29, 1.82) is 0 Å². The standard InChI is InChI=1S/C23H39BN2O3Si/c1-21(2,3)30(8,9)27-15-11-10-14-26-17-25-19-13-12-18(16-20(19)26)24-28-22(4,5)23(6,7)29-24/h12-13,16-17H,10-11,14-15H2,1-9H3. The Morgan fingerprint density at radius 1 is 1.07 bits per heavy atom. The molecule has 0 saturated carbocycles. The lowest BCUT2D eigenvalue weighted by Crippen LogP contribution is -2.41. The predicted octanol–water partition coefficient (Wildman–Crippen LogP) is 5.14. The number of aryl methyl sites for hydroxylation is 1. The second-order valence-corrected chi connectivity index (χ2v) is 15.9. The molecule has 0 amide bonds. The van der Waals surface area contributed by atoms with E-state index in [0.29, 0.717) is 0 Å². The smallest absolute Gasteiger partial charge is 0.417 e. The average Bonchev–Trinajstić information content (AvgIpc) is 3.10. The Hall–Kier alpha value is -1.15. The van der Waals surface area contributed by atoms with Crippen LogP contribution in [-0.2, 0) is 20.3 Å². The number of aromatic nitrogens is 2. The van der Waals surface area contributed by atoms with E-state index in [-0.39, 0.29) is 23.4 Å². The molecule has 0 bridgehead atoms. The van der Waals surface area contributed by atoms with E-state index in [1.807, 2.05) is 6.33 Å². The van der Waals surface area contributed by atoms with Crippen molar-refractivity contribution in [2.75, 3.05) is 6.61 Å². The average molecular weight is 430 g/mol. The maximum atomic E-state index is 6.31. The summed E-state index contributed by atoms with van der Waals surface area (Å²) in [5.41, 5.74) is 2.51. The highest BCUT2D eigenvalue weighted by atomic mass is 28.4. The molecule has 2 aromatic rings. The quantitative estimate of drug-likeness (QED) is 0.451. The third-order valence-corrected chi connectivity index (χ3v) is 11.8. The molecular weight excluding hydrogens is 391 g/mol. The molecule has 0 aliphatic carbocycles. The molecule has 3 rings (SSSR count). The molecule has 1 aliphatic heterocycles. The fourth-order valence-electron chi connectivity index (χ4n) is 3.31. The van der Waals surface area contributed by atoms with E-state index < -0.39 is 8.32 Å². The minimum absolute atomic E-state index is 0.261. The van der Waals surface area contributed by atoms with Crippen molar-refractivity contribution in [3.8, 4) is 0 Å². The molecule has 2 heterocycles. The lowest BCUT2D eigenvalue weighted by molar-refractivity contribution is 0.00578. The van der Waals surface area contributed by atoms with Crippen LogP contribution in [-0.4, -0.2) is 42.8 Å². The number of fused-ring (bicyclic) bond motifs is 1. The molecule has 0 radical (unpaired) electrons. The second kappa shape index (κ2) is 8.08. The number of imidazole rings is 1. The minimum Gasteiger partial charge on any atom is -0.417 e. The van der Waals surface area contributed by atoms with Crippen LogP contribution in [0.4, 0.5) is 0 Å².